The largest absolute Gasteiger partial charge is 0.453 e. The zero-order valence-electron chi connectivity index (χ0n) is 10.4. The molecule has 2 heterocycles. The second-order valence-corrected chi connectivity index (χ2v) is 4.08. The van der Waals surface area contributed by atoms with Crippen molar-refractivity contribution in [2.75, 3.05) is 30.5 Å². The quantitative estimate of drug-likeness (QED) is 0.517. The molecule has 0 bridgehead atoms. The van der Waals surface area contributed by atoms with Crippen LogP contribution in [0, 0.1) is 5.82 Å². The third-order valence-corrected chi connectivity index (χ3v) is 2.85. The number of hydrogen-bond donors (Lipinski definition) is 3. The predicted molar refractivity (Wildman–Crippen MR) is 66.0 cm³/mol. The number of alkyl carbamates (subject to hydrolysis) is 1. The van der Waals surface area contributed by atoms with Gasteiger partial charge in [-0.3, -0.25) is 5.43 Å². The van der Waals surface area contributed by atoms with Crippen LogP contribution in [-0.2, 0) is 4.74 Å². The molecule has 1 unspecified atom stereocenters. The van der Waals surface area contributed by atoms with Gasteiger partial charge in [0.05, 0.1) is 19.3 Å². The predicted octanol–water partition coefficient (Wildman–Crippen LogP) is -0.164. The SMILES string of the molecule is COC(=O)NC1CCN(c2nc(NN)ncc2F)C1. The lowest BCUT2D eigenvalue weighted by Crippen LogP contribution is -2.37. The number of hydrogen-bond acceptors (Lipinski definition) is 7. The number of nitrogen functional groups attached to an aromatic ring is 1. The molecule has 1 fully saturated rings. The molecule has 0 spiro atoms. The normalized spacial score (nSPS) is 18.3. The topological polar surface area (TPSA) is 105 Å². The first-order valence-electron chi connectivity index (χ1n) is 5.72. The number of halogens is 1. The molecule has 8 nitrogen and oxygen atoms in total. The van der Waals surface area contributed by atoms with Crippen LogP contribution in [0.5, 0.6) is 0 Å². The lowest BCUT2D eigenvalue weighted by atomic mass is 10.3. The van der Waals surface area contributed by atoms with Crippen molar-refractivity contribution in [1.29, 1.82) is 0 Å². The third kappa shape index (κ3) is 2.99. The van der Waals surface area contributed by atoms with E-state index in [4.69, 9.17) is 5.84 Å². The number of carbonyl (C=O) groups is 1. The Bertz CT molecular complexity index is 471. The van der Waals surface area contributed by atoms with E-state index in [1.165, 1.54) is 7.11 Å². The van der Waals surface area contributed by atoms with Gasteiger partial charge in [-0.2, -0.15) is 4.98 Å². The Kier molecular flexibility index (Phi) is 3.95. The molecule has 104 valence electrons. The summed E-state index contributed by atoms with van der Waals surface area (Å²) < 4.78 is 18.2. The number of rotatable bonds is 3. The Hall–Kier alpha value is -2.16. The van der Waals surface area contributed by atoms with E-state index in [2.05, 4.69) is 25.4 Å². The van der Waals surface area contributed by atoms with Crippen molar-refractivity contribution in [2.45, 2.75) is 12.5 Å². The lowest BCUT2D eigenvalue weighted by molar-refractivity contribution is 0.167. The van der Waals surface area contributed by atoms with Gasteiger partial charge in [0.25, 0.3) is 0 Å². The van der Waals surface area contributed by atoms with Gasteiger partial charge in [0.15, 0.2) is 11.6 Å². The first kappa shape index (κ1) is 13.3. The number of methoxy groups -OCH3 is 1. The molecule has 9 heteroatoms. The molecule has 4 N–H and O–H groups in total. The van der Waals surface area contributed by atoms with Gasteiger partial charge in [0.2, 0.25) is 5.95 Å². The van der Waals surface area contributed by atoms with Crippen molar-refractivity contribution in [1.82, 2.24) is 15.3 Å². The third-order valence-electron chi connectivity index (χ3n) is 2.85. The number of amides is 1. The second kappa shape index (κ2) is 5.65. The molecule has 0 radical (unpaired) electrons. The molecule has 2 rings (SSSR count). The van der Waals surface area contributed by atoms with Crippen molar-refractivity contribution in [3.05, 3.63) is 12.0 Å². The summed E-state index contributed by atoms with van der Waals surface area (Å²) in [5.41, 5.74) is 2.27. The maximum absolute atomic E-state index is 13.7. The summed E-state index contributed by atoms with van der Waals surface area (Å²) >= 11 is 0. The fourth-order valence-corrected chi connectivity index (χ4v) is 1.95. The molecule has 0 saturated carbocycles. The number of aromatic nitrogens is 2. The van der Waals surface area contributed by atoms with E-state index in [0.29, 0.717) is 19.5 Å². The lowest BCUT2D eigenvalue weighted by Gasteiger charge is -2.18. The van der Waals surface area contributed by atoms with E-state index in [9.17, 15) is 9.18 Å². The van der Waals surface area contributed by atoms with Crippen LogP contribution in [0.4, 0.5) is 21.0 Å². The summed E-state index contributed by atoms with van der Waals surface area (Å²) in [6.45, 7) is 1.03. The van der Waals surface area contributed by atoms with E-state index in [1.807, 2.05) is 0 Å². The van der Waals surface area contributed by atoms with Gasteiger partial charge in [-0.25, -0.2) is 20.0 Å². The van der Waals surface area contributed by atoms with Gasteiger partial charge in [-0.1, -0.05) is 0 Å². The Labute approximate surface area is 109 Å². The van der Waals surface area contributed by atoms with Crippen molar-refractivity contribution >= 4 is 17.9 Å². The average molecular weight is 270 g/mol. The van der Waals surface area contributed by atoms with E-state index in [0.717, 1.165) is 6.20 Å². The van der Waals surface area contributed by atoms with E-state index >= 15 is 0 Å². The molecule has 1 aromatic rings. The van der Waals surface area contributed by atoms with Crippen LogP contribution >= 0.6 is 0 Å². The first-order valence-corrected chi connectivity index (χ1v) is 5.72. The maximum Gasteiger partial charge on any atom is 0.407 e. The number of anilines is 2. The molecular formula is C10H15FN6O2. The van der Waals surface area contributed by atoms with Crippen LogP contribution < -0.4 is 21.5 Å². The average Bonchev–Trinajstić information content (AvgIpc) is 2.87. The highest BCUT2D eigenvalue weighted by Crippen LogP contribution is 2.22. The number of nitrogens with zero attached hydrogens (tertiary/aromatic N) is 3. The Balaban J connectivity index is 2.06. The molecule has 1 amide bonds. The molecule has 1 saturated heterocycles. The van der Waals surface area contributed by atoms with Crippen LogP contribution in [0.3, 0.4) is 0 Å². The number of nitrogens with one attached hydrogen (secondary N) is 2. The van der Waals surface area contributed by atoms with Gasteiger partial charge >= 0.3 is 6.09 Å². The fourth-order valence-electron chi connectivity index (χ4n) is 1.95. The molecule has 1 aliphatic heterocycles. The Morgan fingerprint density at radius 1 is 1.68 bits per heavy atom. The van der Waals surface area contributed by atoms with Crippen LogP contribution in [0.15, 0.2) is 6.20 Å². The Morgan fingerprint density at radius 3 is 3.16 bits per heavy atom. The molecule has 0 aromatic carbocycles. The van der Waals surface area contributed by atoms with Crippen LogP contribution in [0.2, 0.25) is 0 Å². The van der Waals surface area contributed by atoms with E-state index < -0.39 is 11.9 Å². The van der Waals surface area contributed by atoms with Gasteiger partial charge in [-0.15, -0.1) is 0 Å². The minimum Gasteiger partial charge on any atom is -0.453 e. The monoisotopic (exact) mass is 270 g/mol. The molecule has 1 aliphatic rings. The van der Waals surface area contributed by atoms with E-state index in [-0.39, 0.29) is 17.8 Å². The molecule has 1 aromatic heterocycles. The zero-order valence-corrected chi connectivity index (χ0v) is 10.4. The van der Waals surface area contributed by atoms with Crippen molar-refractivity contribution in [3.63, 3.8) is 0 Å². The first-order chi connectivity index (χ1) is 9.13. The molecular weight excluding hydrogens is 255 g/mol. The highest BCUT2D eigenvalue weighted by molar-refractivity contribution is 5.67. The summed E-state index contributed by atoms with van der Waals surface area (Å²) in [5, 5.41) is 2.67. The fraction of sp³-hybridized carbons (Fsp3) is 0.500. The van der Waals surface area contributed by atoms with Crippen LogP contribution in [0.25, 0.3) is 0 Å². The van der Waals surface area contributed by atoms with E-state index in [1.54, 1.807) is 4.90 Å². The van der Waals surface area contributed by atoms with Crippen molar-refractivity contribution < 1.29 is 13.9 Å². The van der Waals surface area contributed by atoms with Crippen LogP contribution in [-0.4, -0.2) is 42.3 Å². The minimum absolute atomic E-state index is 0.101. The Morgan fingerprint density at radius 2 is 2.47 bits per heavy atom. The molecule has 19 heavy (non-hydrogen) atoms. The molecule has 0 aliphatic carbocycles. The van der Waals surface area contributed by atoms with Gasteiger partial charge in [0, 0.05) is 13.1 Å². The molecule has 1 atom stereocenters. The smallest absolute Gasteiger partial charge is 0.407 e. The summed E-state index contributed by atoms with van der Waals surface area (Å²) in [5.74, 6) is 4.96. The summed E-state index contributed by atoms with van der Waals surface area (Å²) in [6, 6.07) is -0.101. The number of ether oxygens (including phenoxy) is 1. The highest BCUT2D eigenvalue weighted by atomic mass is 19.1. The summed E-state index contributed by atoms with van der Waals surface area (Å²) in [6.07, 6.45) is 1.24. The number of hydrazine groups is 1. The summed E-state index contributed by atoms with van der Waals surface area (Å²) in [4.78, 5) is 20.5. The van der Waals surface area contributed by atoms with Gasteiger partial charge in [0.1, 0.15) is 0 Å². The van der Waals surface area contributed by atoms with Gasteiger partial charge < -0.3 is 15.0 Å². The van der Waals surface area contributed by atoms with Crippen LogP contribution in [0.1, 0.15) is 6.42 Å². The van der Waals surface area contributed by atoms with Gasteiger partial charge in [-0.05, 0) is 6.42 Å². The van der Waals surface area contributed by atoms with Crippen molar-refractivity contribution in [3.8, 4) is 0 Å². The second-order valence-electron chi connectivity index (χ2n) is 4.08. The maximum atomic E-state index is 13.7. The van der Waals surface area contributed by atoms with Crippen molar-refractivity contribution in [2.24, 2.45) is 5.84 Å². The highest BCUT2D eigenvalue weighted by Gasteiger charge is 2.27. The number of carbonyl (C=O) groups excluding carboxylic acids is 1. The number of nitrogens with two attached hydrogens (primary N) is 1. The zero-order chi connectivity index (χ0) is 13.8. The minimum atomic E-state index is -0.530. The standard InChI is InChI=1S/C10H15FN6O2/c1-19-10(18)14-6-2-3-17(5-6)8-7(11)4-13-9(15-8)16-12/h4,6H,2-3,5,12H2,1H3,(H,14,18)(H,13,15,16). The summed E-state index contributed by atoms with van der Waals surface area (Å²) in [7, 11) is 1.30.